The SMILES string of the molecule is [B]CCc1ccc(CC2CN(C3CCNC3)C2)c(C)c1. The van der Waals surface area contributed by atoms with Gasteiger partial charge in [-0.2, -0.15) is 0 Å². The summed E-state index contributed by atoms with van der Waals surface area (Å²) in [5, 5.41) is 3.46. The summed E-state index contributed by atoms with van der Waals surface area (Å²) in [6.45, 7) is 7.21. The summed E-state index contributed by atoms with van der Waals surface area (Å²) >= 11 is 0. The molecule has 2 radical (unpaired) electrons. The van der Waals surface area contributed by atoms with Crippen molar-refractivity contribution >= 4 is 7.85 Å². The standard InChI is InChI=1S/C17H25BN2/c1-13-8-14(4-6-18)2-3-16(13)9-15-11-20(12-15)17-5-7-19-10-17/h2-3,8,15,17,19H,4-7,9-12H2,1H3. The van der Waals surface area contributed by atoms with Gasteiger partial charge in [0.15, 0.2) is 0 Å². The number of hydrogen-bond donors (Lipinski definition) is 1. The van der Waals surface area contributed by atoms with Crippen LogP contribution in [0.25, 0.3) is 0 Å². The first-order chi connectivity index (χ1) is 9.76. The molecule has 1 atom stereocenters. The van der Waals surface area contributed by atoms with Gasteiger partial charge in [0.1, 0.15) is 0 Å². The van der Waals surface area contributed by atoms with Crippen LogP contribution in [0.1, 0.15) is 23.1 Å². The smallest absolute Gasteiger partial charge is 0.0657 e. The molecule has 0 spiro atoms. The largest absolute Gasteiger partial charge is 0.315 e. The van der Waals surface area contributed by atoms with Gasteiger partial charge in [0.25, 0.3) is 0 Å². The molecule has 0 amide bonds. The van der Waals surface area contributed by atoms with Gasteiger partial charge in [-0.3, -0.25) is 4.90 Å². The fourth-order valence-electron chi connectivity index (χ4n) is 3.61. The van der Waals surface area contributed by atoms with E-state index in [1.807, 2.05) is 0 Å². The Balaban J connectivity index is 1.51. The minimum absolute atomic E-state index is 0.742. The summed E-state index contributed by atoms with van der Waals surface area (Å²) in [5.41, 5.74) is 4.35. The molecule has 1 unspecified atom stereocenters. The van der Waals surface area contributed by atoms with Crippen LogP contribution in [0.2, 0.25) is 6.32 Å². The van der Waals surface area contributed by atoms with Crippen molar-refractivity contribution in [3.63, 3.8) is 0 Å². The molecule has 2 saturated heterocycles. The average Bonchev–Trinajstić information content (AvgIpc) is 2.89. The molecule has 3 rings (SSSR count). The van der Waals surface area contributed by atoms with Crippen molar-refractivity contribution in [2.24, 2.45) is 5.92 Å². The molecule has 0 aromatic heterocycles. The monoisotopic (exact) mass is 268 g/mol. The van der Waals surface area contributed by atoms with Crippen LogP contribution >= 0.6 is 0 Å². The van der Waals surface area contributed by atoms with Crippen molar-refractivity contribution in [3.8, 4) is 0 Å². The predicted molar refractivity (Wildman–Crippen MR) is 85.5 cm³/mol. The molecule has 106 valence electrons. The number of hydrogen-bond acceptors (Lipinski definition) is 2. The quantitative estimate of drug-likeness (QED) is 0.821. The first kappa shape index (κ1) is 14.2. The number of benzene rings is 1. The van der Waals surface area contributed by atoms with Crippen LogP contribution < -0.4 is 5.32 Å². The molecule has 2 aliphatic rings. The van der Waals surface area contributed by atoms with E-state index in [0.29, 0.717) is 0 Å². The van der Waals surface area contributed by atoms with Crippen LogP contribution in [0.15, 0.2) is 18.2 Å². The van der Waals surface area contributed by atoms with E-state index in [2.05, 4.69) is 35.3 Å². The van der Waals surface area contributed by atoms with Crippen molar-refractivity contribution in [1.82, 2.24) is 10.2 Å². The summed E-state index contributed by atoms with van der Waals surface area (Å²) in [5.74, 6) is 0.856. The topological polar surface area (TPSA) is 15.3 Å². The number of nitrogens with one attached hydrogen (secondary N) is 1. The molecular formula is C17H25BN2. The van der Waals surface area contributed by atoms with Crippen LogP contribution in [0, 0.1) is 12.8 Å². The van der Waals surface area contributed by atoms with Crippen LogP contribution in [-0.2, 0) is 12.8 Å². The zero-order chi connectivity index (χ0) is 13.9. The van der Waals surface area contributed by atoms with Gasteiger partial charge >= 0.3 is 0 Å². The highest BCUT2D eigenvalue weighted by Crippen LogP contribution is 2.26. The zero-order valence-electron chi connectivity index (χ0n) is 12.6. The van der Waals surface area contributed by atoms with Crippen molar-refractivity contribution in [1.29, 1.82) is 0 Å². The lowest BCUT2D eigenvalue weighted by Crippen LogP contribution is -2.53. The molecule has 20 heavy (non-hydrogen) atoms. The van der Waals surface area contributed by atoms with E-state index in [-0.39, 0.29) is 0 Å². The highest BCUT2D eigenvalue weighted by atomic mass is 15.2. The molecule has 0 aliphatic carbocycles. The van der Waals surface area contributed by atoms with Gasteiger partial charge in [0.2, 0.25) is 0 Å². The lowest BCUT2D eigenvalue weighted by Gasteiger charge is -2.43. The van der Waals surface area contributed by atoms with E-state index in [0.717, 1.165) is 24.7 Å². The molecule has 1 aromatic carbocycles. The Morgan fingerprint density at radius 2 is 2.20 bits per heavy atom. The van der Waals surface area contributed by atoms with Gasteiger partial charge in [0, 0.05) is 25.7 Å². The van der Waals surface area contributed by atoms with Gasteiger partial charge in [-0.1, -0.05) is 24.5 Å². The van der Waals surface area contributed by atoms with Gasteiger partial charge in [-0.05, 0) is 55.3 Å². The third-order valence-electron chi connectivity index (χ3n) is 4.88. The maximum absolute atomic E-state index is 5.62. The third kappa shape index (κ3) is 3.10. The van der Waals surface area contributed by atoms with E-state index in [9.17, 15) is 0 Å². The first-order valence-electron chi connectivity index (χ1n) is 7.99. The van der Waals surface area contributed by atoms with Crippen molar-refractivity contribution < 1.29 is 0 Å². The molecule has 2 heterocycles. The molecule has 1 N–H and O–H groups in total. The number of aryl methyl sites for hydroxylation is 2. The second kappa shape index (κ2) is 6.32. The minimum atomic E-state index is 0.742. The third-order valence-corrected chi connectivity index (χ3v) is 4.88. The molecule has 2 fully saturated rings. The Kier molecular flexibility index (Phi) is 4.47. The second-order valence-electron chi connectivity index (χ2n) is 6.47. The lowest BCUT2D eigenvalue weighted by atomic mass is 9.87. The Bertz CT molecular complexity index is 448. The maximum atomic E-state index is 5.62. The van der Waals surface area contributed by atoms with Crippen LogP contribution in [-0.4, -0.2) is 45.0 Å². The Morgan fingerprint density at radius 1 is 1.35 bits per heavy atom. The van der Waals surface area contributed by atoms with Crippen molar-refractivity contribution in [3.05, 3.63) is 34.9 Å². The van der Waals surface area contributed by atoms with Crippen LogP contribution in [0.5, 0.6) is 0 Å². The van der Waals surface area contributed by atoms with Crippen LogP contribution in [0.4, 0.5) is 0 Å². The van der Waals surface area contributed by atoms with E-state index in [4.69, 9.17) is 7.85 Å². The highest BCUT2D eigenvalue weighted by Gasteiger charge is 2.33. The summed E-state index contributed by atoms with van der Waals surface area (Å²) < 4.78 is 0. The molecule has 3 heteroatoms. The average molecular weight is 268 g/mol. The van der Waals surface area contributed by atoms with E-state index >= 15 is 0 Å². The fraction of sp³-hybridized carbons (Fsp3) is 0.647. The summed E-state index contributed by atoms with van der Waals surface area (Å²) in [7, 11) is 5.62. The molecular weight excluding hydrogens is 243 g/mol. The lowest BCUT2D eigenvalue weighted by molar-refractivity contribution is 0.0608. The molecule has 2 nitrogen and oxygen atoms in total. The maximum Gasteiger partial charge on any atom is 0.0657 e. The highest BCUT2D eigenvalue weighted by molar-refractivity contribution is 6.08. The summed E-state index contributed by atoms with van der Waals surface area (Å²) in [6.07, 6.45) is 4.31. The Hall–Kier alpha value is -0.795. The number of rotatable bonds is 5. The zero-order valence-corrected chi connectivity index (χ0v) is 12.6. The van der Waals surface area contributed by atoms with Crippen LogP contribution in [0.3, 0.4) is 0 Å². The van der Waals surface area contributed by atoms with Crippen molar-refractivity contribution in [2.45, 2.75) is 38.5 Å². The summed E-state index contributed by atoms with van der Waals surface area (Å²) in [6, 6.07) is 7.70. The van der Waals surface area contributed by atoms with Gasteiger partial charge < -0.3 is 5.32 Å². The molecule has 2 aliphatic heterocycles. The Labute approximate surface area is 124 Å². The van der Waals surface area contributed by atoms with Gasteiger partial charge in [-0.25, -0.2) is 0 Å². The van der Waals surface area contributed by atoms with E-state index in [1.165, 1.54) is 55.7 Å². The normalized spacial score (nSPS) is 23.9. The van der Waals surface area contributed by atoms with Gasteiger partial charge in [0.05, 0.1) is 7.85 Å². The van der Waals surface area contributed by atoms with Gasteiger partial charge in [-0.15, -0.1) is 0 Å². The number of likely N-dealkylation sites (tertiary alicyclic amines) is 1. The second-order valence-corrected chi connectivity index (χ2v) is 6.47. The fourth-order valence-corrected chi connectivity index (χ4v) is 3.61. The molecule has 0 saturated carbocycles. The predicted octanol–water partition coefficient (Wildman–Crippen LogP) is 1.96. The van der Waals surface area contributed by atoms with E-state index < -0.39 is 0 Å². The summed E-state index contributed by atoms with van der Waals surface area (Å²) in [4.78, 5) is 2.66. The Morgan fingerprint density at radius 3 is 2.85 bits per heavy atom. The number of nitrogens with zero attached hydrogens (tertiary/aromatic N) is 1. The molecule has 1 aromatic rings. The first-order valence-corrected chi connectivity index (χ1v) is 7.99. The minimum Gasteiger partial charge on any atom is -0.315 e. The van der Waals surface area contributed by atoms with Crippen molar-refractivity contribution in [2.75, 3.05) is 26.2 Å². The van der Waals surface area contributed by atoms with E-state index in [1.54, 1.807) is 0 Å². The molecule has 0 bridgehead atoms.